The third-order valence-electron chi connectivity index (χ3n) is 3.37. The zero-order valence-corrected chi connectivity index (χ0v) is 11.9. The number of methoxy groups -OCH3 is 1. The van der Waals surface area contributed by atoms with Crippen LogP contribution in [-0.2, 0) is 0 Å². The molecule has 0 saturated heterocycles. The number of ether oxygens (including phenoxy) is 1. The molecule has 0 aliphatic heterocycles. The number of hydrogen-bond donors (Lipinski definition) is 1. The topological polar surface area (TPSA) is 52.3 Å². The Morgan fingerprint density at radius 2 is 1.95 bits per heavy atom. The summed E-state index contributed by atoms with van der Waals surface area (Å²) in [5.74, 6) is 0.202. The van der Waals surface area contributed by atoms with Gasteiger partial charge in [-0.25, -0.2) is 4.39 Å². The minimum atomic E-state index is -0.441. The fraction of sp³-hybridized carbons (Fsp3) is 0.235. The third kappa shape index (κ3) is 3.89. The molecule has 0 radical (unpaired) electrons. The molecule has 2 aromatic rings. The van der Waals surface area contributed by atoms with Crippen molar-refractivity contribution in [1.82, 2.24) is 0 Å². The lowest BCUT2D eigenvalue weighted by Crippen LogP contribution is -2.14. The van der Waals surface area contributed by atoms with E-state index in [0.29, 0.717) is 29.7 Å². The van der Waals surface area contributed by atoms with Gasteiger partial charge in [0.15, 0.2) is 5.78 Å². The van der Waals surface area contributed by atoms with E-state index in [4.69, 9.17) is 10.5 Å². The quantitative estimate of drug-likeness (QED) is 0.827. The van der Waals surface area contributed by atoms with Gasteiger partial charge in [0.05, 0.1) is 7.11 Å². The van der Waals surface area contributed by atoms with Crippen molar-refractivity contribution in [2.45, 2.75) is 18.9 Å². The molecule has 1 unspecified atom stereocenters. The fourth-order valence-electron chi connectivity index (χ4n) is 2.21. The molecule has 110 valence electrons. The second-order valence-electron chi connectivity index (χ2n) is 4.82. The standard InChI is InChI=1S/C17H18FNO2/c1-21-17-10-7-13(18)11-14(17)15(19)8-9-16(20)12-5-3-2-4-6-12/h2-7,10-11,15H,8-9,19H2,1H3. The van der Waals surface area contributed by atoms with Gasteiger partial charge in [0, 0.05) is 23.6 Å². The first-order valence-electron chi connectivity index (χ1n) is 6.79. The minimum absolute atomic E-state index is 0.0291. The summed E-state index contributed by atoms with van der Waals surface area (Å²) in [6.45, 7) is 0. The van der Waals surface area contributed by atoms with Gasteiger partial charge >= 0.3 is 0 Å². The fourth-order valence-corrected chi connectivity index (χ4v) is 2.21. The first-order valence-corrected chi connectivity index (χ1v) is 6.79. The second-order valence-corrected chi connectivity index (χ2v) is 4.82. The molecule has 2 rings (SSSR count). The Balaban J connectivity index is 2.03. The summed E-state index contributed by atoms with van der Waals surface area (Å²) in [7, 11) is 1.51. The number of nitrogens with two attached hydrogens (primary N) is 1. The van der Waals surface area contributed by atoms with Crippen molar-refractivity contribution in [3.8, 4) is 5.75 Å². The van der Waals surface area contributed by atoms with E-state index >= 15 is 0 Å². The molecular weight excluding hydrogens is 269 g/mol. The Morgan fingerprint density at radius 1 is 1.24 bits per heavy atom. The van der Waals surface area contributed by atoms with E-state index in [9.17, 15) is 9.18 Å². The van der Waals surface area contributed by atoms with Crippen molar-refractivity contribution < 1.29 is 13.9 Å². The summed E-state index contributed by atoms with van der Waals surface area (Å²) in [5.41, 5.74) is 7.31. The predicted octanol–water partition coefficient (Wildman–Crippen LogP) is 3.50. The van der Waals surface area contributed by atoms with Gasteiger partial charge in [-0.3, -0.25) is 4.79 Å². The molecule has 2 N–H and O–H groups in total. The van der Waals surface area contributed by atoms with Gasteiger partial charge in [0.25, 0.3) is 0 Å². The van der Waals surface area contributed by atoms with E-state index < -0.39 is 6.04 Å². The molecule has 1 atom stereocenters. The Labute approximate surface area is 123 Å². The van der Waals surface area contributed by atoms with Crippen LogP contribution in [0.1, 0.15) is 34.8 Å². The highest BCUT2D eigenvalue weighted by Crippen LogP contribution is 2.27. The molecule has 3 nitrogen and oxygen atoms in total. The highest BCUT2D eigenvalue weighted by atomic mass is 19.1. The van der Waals surface area contributed by atoms with E-state index in [2.05, 4.69) is 0 Å². The van der Waals surface area contributed by atoms with Crippen molar-refractivity contribution in [1.29, 1.82) is 0 Å². The normalized spacial score (nSPS) is 12.0. The number of hydrogen-bond acceptors (Lipinski definition) is 3. The number of benzene rings is 2. The van der Waals surface area contributed by atoms with E-state index in [1.165, 1.54) is 19.2 Å². The van der Waals surface area contributed by atoms with Crippen molar-refractivity contribution >= 4 is 5.78 Å². The van der Waals surface area contributed by atoms with Crippen LogP contribution in [0.5, 0.6) is 5.75 Å². The number of rotatable bonds is 6. The van der Waals surface area contributed by atoms with Crippen LogP contribution in [0, 0.1) is 5.82 Å². The van der Waals surface area contributed by atoms with Crippen molar-refractivity contribution in [3.05, 3.63) is 65.5 Å². The first-order chi connectivity index (χ1) is 10.1. The Kier molecular flexibility index (Phi) is 5.06. The average Bonchev–Trinajstić information content (AvgIpc) is 2.53. The molecule has 0 aliphatic rings. The van der Waals surface area contributed by atoms with Gasteiger partial charge in [-0.15, -0.1) is 0 Å². The second kappa shape index (κ2) is 6.99. The van der Waals surface area contributed by atoms with Crippen molar-refractivity contribution in [2.24, 2.45) is 5.73 Å². The Bertz CT molecular complexity index is 613. The van der Waals surface area contributed by atoms with E-state index in [-0.39, 0.29) is 11.6 Å². The number of ketones is 1. The van der Waals surface area contributed by atoms with Crippen LogP contribution in [0.4, 0.5) is 4.39 Å². The van der Waals surface area contributed by atoms with Gasteiger partial charge < -0.3 is 10.5 Å². The van der Waals surface area contributed by atoms with Crippen LogP contribution in [0.25, 0.3) is 0 Å². The lowest BCUT2D eigenvalue weighted by Gasteiger charge is -2.15. The summed E-state index contributed by atoms with van der Waals surface area (Å²) in [6.07, 6.45) is 0.748. The molecule has 0 heterocycles. The van der Waals surface area contributed by atoms with Crippen LogP contribution in [-0.4, -0.2) is 12.9 Å². The summed E-state index contributed by atoms with van der Waals surface area (Å²) in [4.78, 5) is 12.0. The lowest BCUT2D eigenvalue weighted by molar-refractivity contribution is 0.0977. The molecule has 0 aromatic heterocycles. The van der Waals surface area contributed by atoms with Crippen LogP contribution in [0.15, 0.2) is 48.5 Å². The molecule has 21 heavy (non-hydrogen) atoms. The SMILES string of the molecule is COc1ccc(F)cc1C(N)CCC(=O)c1ccccc1. The highest BCUT2D eigenvalue weighted by molar-refractivity contribution is 5.95. The van der Waals surface area contributed by atoms with Gasteiger partial charge in [-0.05, 0) is 24.6 Å². The minimum Gasteiger partial charge on any atom is -0.496 e. The first kappa shape index (κ1) is 15.2. The highest BCUT2D eigenvalue weighted by Gasteiger charge is 2.15. The maximum Gasteiger partial charge on any atom is 0.162 e. The summed E-state index contributed by atoms with van der Waals surface area (Å²) < 4.78 is 18.5. The summed E-state index contributed by atoms with van der Waals surface area (Å²) in [6, 6.07) is 12.8. The van der Waals surface area contributed by atoms with Gasteiger partial charge in [0.2, 0.25) is 0 Å². The molecule has 0 spiro atoms. The molecule has 0 aliphatic carbocycles. The molecule has 0 amide bonds. The molecular formula is C17H18FNO2. The van der Waals surface area contributed by atoms with Crippen molar-refractivity contribution in [2.75, 3.05) is 7.11 Å². The van der Waals surface area contributed by atoms with E-state index in [1.54, 1.807) is 18.2 Å². The van der Waals surface area contributed by atoms with Crippen LogP contribution >= 0.6 is 0 Å². The van der Waals surface area contributed by atoms with Gasteiger partial charge in [-0.1, -0.05) is 30.3 Å². The molecule has 0 saturated carbocycles. The van der Waals surface area contributed by atoms with Gasteiger partial charge in [-0.2, -0.15) is 0 Å². The summed E-state index contributed by atoms with van der Waals surface area (Å²) >= 11 is 0. The van der Waals surface area contributed by atoms with Crippen LogP contribution < -0.4 is 10.5 Å². The third-order valence-corrected chi connectivity index (χ3v) is 3.37. The maximum atomic E-state index is 13.3. The zero-order chi connectivity index (χ0) is 15.2. The zero-order valence-electron chi connectivity index (χ0n) is 11.9. The molecule has 0 bridgehead atoms. The maximum absolute atomic E-state index is 13.3. The Morgan fingerprint density at radius 3 is 2.62 bits per heavy atom. The number of carbonyl (C=O) groups is 1. The van der Waals surface area contributed by atoms with Gasteiger partial charge in [0.1, 0.15) is 11.6 Å². The smallest absolute Gasteiger partial charge is 0.162 e. The van der Waals surface area contributed by atoms with Crippen LogP contribution in [0.2, 0.25) is 0 Å². The molecule has 4 heteroatoms. The number of Topliss-reactive ketones (excluding diaryl/α,β-unsaturated/α-hetero) is 1. The number of halogens is 1. The number of carbonyl (C=O) groups excluding carboxylic acids is 1. The monoisotopic (exact) mass is 287 g/mol. The van der Waals surface area contributed by atoms with Crippen molar-refractivity contribution in [3.63, 3.8) is 0 Å². The predicted molar refractivity (Wildman–Crippen MR) is 79.9 cm³/mol. The van der Waals surface area contributed by atoms with E-state index in [1.807, 2.05) is 18.2 Å². The molecule has 2 aromatic carbocycles. The summed E-state index contributed by atoms with van der Waals surface area (Å²) in [5, 5.41) is 0. The molecule has 0 fully saturated rings. The average molecular weight is 287 g/mol. The lowest BCUT2D eigenvalue weighted by atomic mass is 9.98. The van der Waals surface area contributed by atoms with E-state index in [0.717, 1.165) is 0 Å². The van der Waals surface area contributed by atoms with Crippen LogP contribution in [0.3, 0.4) is 0 Å². The Hall–Kier alpha value is -2.20. The largest absolute Gasteiger partial charge is 0.496 e.